The van der Waals surface area contributed by atoms with Crippen LogP contribution in [0.5, 0.6) is 11.5 Å². The topological polar surface area (TPSA) is 61.7 Å². The molecule has 130 valence electrons. The molecule has 0 amide bonds. The number of phenols is 1. The number of rotatable bonds is 8. The summed E-state index contributed by atoms with van der Waals surface area (Å²) in [6.45, 7) is 1.49. The van der Waals surface area contributed by atoms with Gasteiger partial charge in [-0.1, -0.05) is 48.5 Å². The summed E-state index contributed by atoms with van der Waals surface area (Å²) in [4.78, 5) is 0. The van der Waals surface area contributed by atoms with Gasteiger partial charge in [0.05, 0.1) is 0 Å². The van der Waals surface area contributed by atoms with Crippen molar-refractivity contribution in [1.29, 1.82) is 0 Å². The van der Waals surface area contributed by atoms with E-state index in [9.17, 15) is 10.2 Å². The Bertz CT molecular complexity index is 805. The maximum atomic E-state index is 10.00. The average Bonchev–Trinajstić information content (AvgIpc) is 2.65. The Balaban J connectivity index is 1.45. The van der Waals surface area contributed by atoms with Crippen LogP contribution in [0, 0.1) is 0 Å². The van der Waals surface area contributed by atoms with Gasteiger partial charge in [0.25, 0.3) is 0 Å². The van der Waals surface area contributed by atoms with Gasteiger partial charge in [-0.15, -0.1) is 0 Å². The molecular formula is C21H23NO3. The molecule has 0 aliphatic heterocycles. The fourth-order valence-electron chi connectivity index (χ4n) is 2.84. The zero-order chi connectivity index (χ0) is 17.5. The molecule has 1 unspecified atom stereocenters. The molecule has 25 heavy (non-hydrogen) atoms. The highest BCUT2D eigenvalue weighted by atomic mass is 16.5. The summed E-state index contributed by atoms with van der Waals surface area (Å²) in [6.07, 6.45) is 0.268. The van der Waals surface area contributed by atoms with Gasteiger partial charge >= 0.3 is 0 Å². The Morgan fingerprint density at radius 2 is 1.64 bits per heavy atom. The van der Waals surface area contributed by atoms with Crippen LogP contribution in [-0.4, -0.2) is 36.0 Å². The molecule has 0 saturated heterocycles. The molecule has 0 aliphatic carbocycles. The molecule has 0 bridgehead atoms. The highest BCUT2D eigenvalue weighted by molar-refractivity contribution is 5.90. The number of aliphatic hydroxyl groups is 1. The van der Waals surface area contributed by atoms with E-state index in [0.29, 0.717) is 12.3 Å². The fraction of sp³-hybridized carbons (Fsp3) is 0.238. The van der Waals surface area contributed by atoms with E-state index in [2.05, 4.69) is 11.4 Å². The van der Waals surface area contributed by atoms with Crippen LogP contribution in [0.25, 0.3) is 10.8 Å². The smallest absolute Gasteiger partial charge is 0.123 e. The first-order valence-corrected chi connectivity index (χ1v) is 8.50. The molecule has 1 atom stereocenters. The maximum absolute atomic E-state index is 10.00. The van der Waals surface area contributed by atoms with Gasteiger partial charge in [0.2, 0.25) is 0 Å². The highest BCUT2D eigenvalue weighted by Gasteiger charge is 2.06. The van der Waals surface area contributed by atoms with Crippen molar-refractivity contribution >= 4 is 10.8 Å². The summed E-state index contributed by atoms with van der Waals surface area (Å²) in [7, 11) is 0. The molecule has 0 fully saturated rings. The lowest BCUT2D eigenvalue weighted by atomic mass is 10.0. The van der Waals surface area contributed by atoms with E-state index in [1.165, 1.54) is 5.56 Å². The molecule has 3 rings (SSSR count). The Hall–Kier alpha value is -2.56. The molecule has 0 spiro atoms. The molecule has 0 heterocycles. The minimum Gasteiger partial charge on any atom is -0.507 e. The van der Waals surface area contributed by atoms with Crippen LogP contribution in [0.2, 0.25) is 0 Å². The first-order chi connectivity index (χ1) is 12.2. The molecule has 0 radical (unpaired) electrons. The van der Waals surface area contributed by atoms with Gasteiger partial charge in [-0.3, -0.25) is 0 Å². The number of aliphatic hydroxyl groups excluding tert-OH is 1. The molecule has 3 N–H and O–H groups in total. The Morgan fingerprint density at radius 3 is 2.48 bits per heavy atom. The molecule has 3 aromatic rings. The van der Waals surface area contributed by atoms with Crippen LogP contribution in [0.1, 0.15) is 5.56 Å². The van der Waals surface area contributed by atoms with Crippen LogP contribution in [-0.2, 0) is 6.42 Å². The van der Waals surface area contributed by atoms with Crippen LogP contribution >= 0.6 is 0 Å². The van der Waals surface area contributed by atoms with E-state index in [-0.39, 0.29) is 6.61 Å². The third kappa shape index (κ3) is 4.72. The summed E-state index contributed by atoms with van der Waals surface area (Å²) in [6, 6.07) is 21.0. The summed E-state index contributed by atoms with van der Waals surface area (Å²) in [5, 5.41) is 25.1. The lowest BCUT2D eigenvalue weighted by Gasteiger charge is -2.14. The van der Waals surface area contributed by atoms with Crippen LogP contribution < -0.4 is 10.1 Å². The van der Waals surface area contributed by atoms with E-state index in [4.69, 9.17) is 4.74 Å². The number of para-hydroxylation sites is 1. The zero-order valence-corrected chi connectivity index (χ0v) is 14.1. The van der Waals surface area contributed by atoms with E-state index >= 15 is 0 Å². The number of ether oxygens (including phenoxy) is 1. The zero-order valence-electron chi connectivity index (χ0n) is 14.1. The predicted octanol–water partition coefficient (Wildman–Crippen LogP) is 3.12. The number of hydrogen-bond donors (Lipinski definition) is 3. The number of hydrogen-bond acceptors (Lipinski definition) is 4. The lowest BCUT2D eigenvalue weighted by Crippen LogP contribution is -2.32. The van der Waals surface area contributed by atoms with Crippen LogP contribution in [0.3, 0.4) is 0 Å². The van der Waals surface area contributed by atoms with Gasteiger partial charge in [-0.2, -0.15) is 0 Å². The molecule has 4 heteroatoms. The normalized spacial score (nSPS) is 12.2. The van der Waals surface area contributed by atoms with Crippen LogP contribution in [0.15, 0.2) is 66.7 Å². The molecule has 0 saturated carbocycles. The minimum atomic E-state index is -0.559. The number of benzene rings is 3. The maximum Gasteiger partial charge on any atom is 0.123 e. The lowest BCUT2D eigenvalue weighted by molar-refractivity contribution is 0.106. The quantitative estimate of drug-likeness (QED) is 0.553. The van der Waals surface area contributed by atoms with Gasteiger partial charge in [0, 0.05) is 11.9 Å². The van der Waals surface area contributed by atoms with Crippen molar-refractivity contribution in [2.75, 3.05) is 19.7 Å². The third-order valence-corrected chi connectivity index (χ3v) is 4.13. The monoisotopic (exact) mass is 337 g/mol. The number of fused-ring (bicyclic) bond motifs is 1. The van der Waals surface area contributed by atoms with Crippen LogP contribution in [0.4, 0.5) is 0 Å². The second-order valence-corrected chi connectivity index (χ2v) is 6.02. The van der Waals surface area contributed by atoms with Crippen molar-refractivity contribution in [3.63, 3.8) is 0 Å². The van der Waals surface area contributed by atoms with Crippen molar-refractivity contribution < 1.29 is 14.9 Å². The van der Waals surface area contributed by atoms with E-state index in [1.54, 1.807) is 6.07 Å². The van der Waals surface area contributed by atoms with E-state index < -0.39 is 6.10 Å². The van der Waals surface area contributed by atoms with E-state index in [0.717, 1.165) is 29.5 Å². The number of aromatic hydroxyl groups is 1. The molecular weight excluding hydrogens is 314 g/mol. The standard InChI is InChI=1S/C21H23NO3/c23-17(15-25-18-7-2-1-3-8-18)14-22-13-12-16-6-4-10-20-19(16)9-5-11-21(20)24/h1-11,17,22-24H,12-15H2. The number of nitrogens with one attached hydrogen (secondary N) is 1. The van der Waals surface area contributed by atoms with Crippen molar-refractivity contribution in [1.82, 2.24) is 5.32 Å². The summed E-state index contributed by atoms with van der Waals surface area (Å²) < 4.78 is 5.54. The second kappa shape index (κ2) is 8.51. The predicted molar refractivity (Wildman–Crippen MR) is 100 cm³/mol. The summed E-state index contributed by atoms with van der Waals surface area (Å²) >= 11 is 0. The third-order valence-electron chi connectivity index (χ3n) is 4.13. The Labute approximate surface area is 147 Å². The van der Waals surface area contributed by atoms with Crippen molar-refractivity contribution in [2.24, 2.45) is 0 Å². The van der Waals surface area contributed by atoms with Crippen molar-refractivity contribution in [3.05, 3.63) is 72.3 Å². The second-order valence-electron chi connectivity index (χ2n) is 6.02. The SMILES string of the molecule is Oc1cccc2c(CCNCC(O)COc3ccccc3)cccc12. The summed E-state index contributed by atoms with van der Waals surface area (Å²) in [5.41, 5.74) is 1.18. The number of phenolic OH excluding ortho intramolecular Hbond substituents is 1. The Morgan fingerprint density at radius 1 is 0.880 bits per heavy atom. The Kier molecular flexibility index (Phi) is 5.88. The molecule has 0 aromatic heterocycles. The van der Waals surface area contributed by atoms with Gasteiger partial charge < -0.3 is 20.3 Å². The van der Waals surface area contributed by atoms with Gasteiger partial charge in [-0.25, -0.2) is 0 Å². The fourth-order valence-corrected chi connectivity index (χ4v) is 2.84. The average molecular weight is 337 g/mol. The summed E-state index contributed by atoms with van der Waals surface area (Å²) in [5.74, 6) is 1.07. The molecule has 3 aromatic carbocycles. The van der Waals surface area contributed by atoms with Gasteiger partial charge in [0.1, 0.15) is 24.2 Å². The molecule has 0 aliphatic rings. The first-order valence-electron chi connectivity index (χ1n) is 8.50. The van der Waals surface area contributed by atoms with E-state index in [1.807, 2.05) is 54.6 Å². The molecule has 4 nitrogen and oxygen atoms in total. The largest absolute Gasteiger partial charge is 0.507 e. The highest BCUT2D eigenvalue weighted by Crippen LogP contribution is 2.26. The van der Waals surface area contributed by atoms with Crippen molar-refractivity contribution in [2.45, 2.75) is 12.5 Å². The van der Waals surface area contributed by atoms with Gasteiger partial charge in [-0.05, 0) is 42.1 Å². The minimum absolute atomic E-state index is 0.263. The van der Waals surface area contributed by atoms with Crippen molar-refractivity contribution in [3.8, 4) is 11.5 Å². The van der Waals surface area contributed by atoms with Gasteiger partial charge in [0.15, 0.2) is 0 Å². The first kappa shape index (κ1) is 17.3.